The zero-order valence-corrected chi connectivity index (χ0v) is 16.2. The van der Waals surface area contributed by atoms with E-state index in [4.69, 9.17) is 11.6 Å². The van der Waals surface area contributed by atoms with Gasteiger partial charge in [0.1, 0.15) is 5.75 Å². The molecule has 0 bridgehead atoms. The Kier molecular flexibility index (Phi) is 6.04. The summed E-state index contributed by atoms with van der Waals surface area (Å²) in [6.45, 7) is -0.0490. The van der Waals surface area contributed by atoms with Crippen LogP contribution in [0.15, 0.2) is 41.3 Å². The Labute approximate surface area is 163 Å². The minimum Gasteiger partial charge on any atom is -0.506 e. The van der Waals surface area contributed by atoms with Gasteiger partial charge >= 0.3 is 0 Å². The Balaban J connectivity index is 1.57. The van der Waals surface area contributed by atoms with Gasteiger partial charge in [0.05, 0.1) is 10.6 Å². The maximum atomic E-state index is 12.5. The monoisotopic (exact) mass is 408 g/mol. The van der Waals surface area contributed by atoms with Crippen LogP contribution in [0.25, 0.3) is 0 Å². The molecule has 0 saturated carbocycles. The van der Waals surface area contributed by atoms with E-state index < -0.39 is 15.9 Å². The predicted octanol–water partition coefficient (Wildman–Crippen LogP) is 3.23. The maximum Gasteiger partial charge on any atom is 0.240 e. The third-order valence-corrected chi connectivity index (χ3v) is 6.20. The normalized spacial score (nSPS) is 13.8. The van der Waals surface area contributed by atoms with E-state index in [1.165, 1.54) is 23.8 Å². The number of halogens is 1. The highest BCUT2D eigenvalue weighted by molar-refractivity contribution is 7.89. The van der Waals surface area contributed by atoms with Crippen molar-refractivity contribution < 1.29 is 18.3 Å². The van der Waals surface area contributed by atoms with E-state index >= 15 is 0 Å². The molecule has 27 heavy (non-hydrogen) atoms. The smallest absolute Gasteiger partial charge is 0.240 e. The van der Waals surface area contributed by atoms with Crippen molar-refractivity contribution >= 4 is 33.2 Å². The summed E-state index contributed by atoms with van der Waals surface area (Å²) in [6.07, 6.45) is 4.01. The SMILES string of the molecule is O=C(CCNS(=O)(=O)c1ccc2c(c1)CCCC2)Nc1cc(Cl)ccc1O. The highest BCUT2D eigenvalue weighted by Gasteiger charge is 2.18. The van der Waals surface area contributed by atoms with Gasteiger partial charge < -0.3 is 10.4 Å². The lowest BCUT2D eigenvalue weighted by atomic mass is 9.92. The van der Waals surface area contributed by atoms with Gasteiger partial charge in [-0.05, 0) is 67.1 Å². The van der Waals surface area contributed by atoms with Crippen molar-refractivity contribution in [3.05, 3.63) is 52.5 Å². The zero-order chi connectivity index (χ0) is 19.4. The molecule has 0 aliphatic heterocycles. The fraction of sp³-hybridized carbons (Fsp3) is 0.316. The van der Waals surface area contributed by atoms with Crippen molar-refractivity contribution in [3.8, 4) is 5.75 Å². The number of carbonyl (C=O) groups excluding carboxylic acids is 1. The topological polar surface area (TPSA) is 95.5 Å². The zero-order valence-electron chi connectivity index (χ0n) is 14.7. The number of sulfonamides is 1. The van der Waals surface area contributed by atoms with Gasteiger partial charge in [0.15, 0.2) is 0 Å². The first-order chi connectivity index (χ1) is 12.8. The molecule has 1 aliphatic rings. The number of amides is 1. The van der Waals surface area contributed by atoms with Gasteiger partial charge in [0.2, 0.25) is 15.9 Å². The summed E-state index contributed by atoms with van der Waals surface area (Å²) < 4.78 is 27.4. The summed E-state index contributed by atoms with van der Waals surface area (Å²) in [6, 6.07) is 9.50. The molecule has 3 N–H and O–H groups in total. The number of aryl methyl sites for hydroxylation is 2. The molecule has 0 fully saturated rings. The van der Waals surface area contributed by atoms with Crippen molar-refractivity contribution in [3.63, 3.8) is 0 Å². The summed E-state index contributed by atoms with van der Waals surface area (Å²) in [4.78, 5) is 12.2. The second-order valence-corrected chi connectivity index (χ2v) is 8.70. The molecule has 8 heteroatoms. The van der Waals surface area contributed by atoms with Gasteiger partial charge in [0.25, 0.3) is 0 Å². The van der Waals surface area contributed by atoms with E-state index in [0.29, 0.717) is 5.02 Å². The molecule has 2 aromatic rings. The summed E-state index contributed by atoms with van der Waals surface area (Å²) in [7, 11) is -3.68. The Morgan fingerprint density at radius 1 is 1.07 bits per heavy atom. The largest absolute Gasteiger partial charge is 0.506 e. The van der Waals surface area contributed by atoms with Gasteiger partial charge in [-0.2, -0.15) is 0 Å². The molecule has 0 radical (unpaired) electrons. The van der Waals surface area contributed by atoms with Crippen molar-refractivity contribution in [2.75, 3.05) is 11.9 Å². The van der Waals surface area contributed by atoms with Crippen LogP contribution in [0.2, 0.25) is 5.02 Å². The number of phenolic OH excluding ortho intramolecular Hbond substituents is 1. The molecule has 0 unspecified atom stereocenters. The Morgan fingerprint density at radius 2 is 1.81 bits per heavy atom. The number of benzene rings is 2. The first kappa shape index (κ1) is 19.7. The van der Waals surface area contributed by atoms with Crippen molar-refractivity contribution in [1.82, 2.24) is 4.72 Å². The highest BCUT2D eigenvalue weighted by Crippen LogP contribution is 2.27. The van der Waals surface area contributed by atoms with Crippen LogP contribution in [0.5, 0.6) is 5.75 Å². The van der Waals surface area contributed by atoms with Gasteiger partial charge in [-0.1, -0.05) is 17.7 Å². The fourth-order valence-electron chi connectivity index (χ4n) is 3.08. The molecule has 0 atom stereocenters. The van der Waals surface area contributed by atoms with Crippen LogP contribution in [-0.2, 0) is 27.7 Å². The van der Waals surface area contributed by atoms with Gasteiger partial charge in [-0.3, -0.25) is 4.79 Å². The molecule has 6 nitrogen and oxygen atoms in total. The van der Waals surface area contributed by atoms with Crippen LogP contribution in [-0.4, -0.2) is 26.0 Å². The standard InChI is InChI=1S/C19H21ClN2O4S/c20-15-6-8-18(23)17(12-15)22-19(24)9-10-21-27(25,26)16-7-5-13-3-1-2-4-14(13)11-16/h5-8,11-12,21,23H,1-4,9-10H2,(H,22,24). The maximum absolute atomic E-state index is 12.5. The fourth-order valence-corrected chi connectivity index (χ4v) is 4.33. The van der Waals surface area contributed by atoms with Crippen LogP contribution in [0.4, 0.5) is 5.69 Å². The van der Waals surface area contributed by atoms with Crippen LogP contribution in [0.3, 0.4) is 0 Å². The molecular weight excluding hydrogens is 388 g/mol. The second kappa shape index (κ2) is 8.29. The van der Waals surface area contributed by atoms with E-state index in [1.54, 1.807) is 12.1 Å². The van der Waals surface area contributed by atoms with Crippen molar-refractivity contribution in [2.45, 2.75) is 37.0 Å². The Hall–Kier alpha value is -2.09. The summed E-state index contributed by atoms with van der Waals surface area (Å²) in [5.74, 6) is -0.539. The predicted molar refractivity (Wildman–Crippen MR) is 105 cm³/mol. The number of hydrogen-bond donors (Lipinski definition) is 3. The molecule has 0 aromatic heterocycles. The van der Waals surface area contributed by atoms with Crippen LogP contribution < -0.4 is 10.0 Å². The quantitative estimate of drug-likeness (QED) is 0.639. The van der Waals surface area contributed by atoms with Crippen LogP contribution in [0, 0.1) is 0 Å². The lowest BCUT2D eigenvalue weighted by Crippen LogP contribution is -2.28. The van der Waals surface area contributed by atoms with Crippen molar-refractivity contribution in [1.29, 1.82) is 0 Å². The van der Waals surface area contributed by atoms with E-state index in [9.17, 15) is 18.3 Å². The molecule has 0 heterocycles. The summed E-state index contributed by atoms with van der Waals surface area (Å²) in [5.41, 5.74) is 2.48. The molecular formula is C19H21ClN2O4S. The van der Waals surface area contributed by atoms with Crippen LogP contribution >= 0.6 is 11.6 Å². The van der Waals surface area contributed by atoms with Crippen LogP contribution in [0.1, 0.15) is 30.4 Å². The average Bonchev–Trinajstić information content (AvgIpc) is 2.64. The molecule has 144 valence electrons. The number of nitrogens with one attached hydrogen (secondary N) is 2. The molecule has 1 amide bonds. The third-order valence-electron chi connectivity index (χ3n) is 4.51. The summed E-state index contributed by atoms with van der Waals surface area (Å²) >= 11 is 5.83. The minimum absolute atomic E-state index is 0.0490. The molecule has 3 rings (SSSR count). The number of phenols is 1. The number of fused-ring (bicyclic) bond motifs is 1. The lowest BCUT2D eigenvalue weighted by Gasteiger charge is -2.16. The first-order valence-corrected chi connectivity index (χ1v) is 10.6. The van der Waals surface area contributed by atoms with E-state index in [-0.39, 0.29) is 29.3 Å². The lowest BCUT2D eigenvalue weighted by molar-refractivity contribution is -0.116. The van der Waals surface area contributed by atoms with E-state index in [1.807, 2.05) is 6.07 Å². The molecule has 1 aliphatic carbocycles. The summed E-state index contributed by atoms with van der Waals surface area (Å²) in [5, 5.41) is 12.6. The van der Waals surface area contributed by atoms with Gasteiger partial charge in [0, 0.05) is 18.0 Å². The number of rotatable bonds is 6. The third kappa shape index (κ3) is 5.00. The Morgan fingerprint density at radius 3 is 2.59 bits per heavy atom. The first-order valence-electron chi connectivity index (χ1n) is 8.75. The number of hydrogen-bond acceptors (Lipinski definition) is 4. The van der Waals surface area contributed by atoms with Gasteiger partial charge in [-0.15, -0.1) is 0 Å². The molecule has 0 saturated heterocycles. The highest BCUT2D eigenvalue weighted by atomic mass is 35.5. The van der Waals surface area contributed by atoms with E-state index in [2.05, 4.69) is 10.0 Å². The van der Waals surface area contributed by atoms with Crippen molar-refractivity contribution in [2.24, 2.45) is 0 Å². The Bertz CT molecular complexity index is 960. The van der Waals surface area contributed by atoms with E-state index in [0.717, 1.165) is 31.2 Å². The van der Waals surface area contributed by atoms with Gasteiger partial charge in [-0.25, -0.2) is 13.1 Å². The number of anilines is 1. The number of aromatic hydroxyl groups is 1. The minimum atomic E-state index is -3.68. The average molecular weight is 409 g/mol. The molecule has 2 aromatic carbocycles. The molecule has 0 spiro atoms. The number of carbonyl (C=O) groups is 1. The second-order valence-electron chi connectivity index (χ2n) is 6.50.